The zero-order chi connectivity index (χ0) is 12.3. The molecular weight excluding hydrogens is 190 g/mol. The lowest BCUT2D eigenvalue weighted by Gasteiger charge is -2.29. The Morgan fingerprint density at radius 1 is 1.33 bits per heavy atom. The van der Waals surface area contributed by atoms with Crippen LogP contribution < -0.4 is 5.73 Å². The molecule has 0 saturated carbocycles. The van der Waals surface area contributed by atoms with Gasteiger partial charge in [0.05, 0.1) is 11.4 Å². The molecule has 0 aromatic carbocycles. The van der Waals surface area contributed by atoms with Crippen LogP contribution in [0.25, 0.3) is 0 Å². The van der Waals surface area contributed by atoms with E-state index in [0.717, 1.165) is 13.0 Å². The highest BCUT2D eigenvalue weighted by Crippen LogP contribution is 2.20. The van der Waals surface area contributed by atoms with Crippen molar-refractivity contribution in [1.82, 2.24) is 4.90 Å². The molecule has 90 valence electrons. The summed E-state index contributed by atoms with van der Waals surface area (Å²) in [6.45, 7) is 8.97. The van der Waals surface area contributed by atoms with E-state index in [1.165, 1.54) is 0 Å². The van der Waals surface area contributed by atoms with Crippen molar-refractivity contribution in [1.29, 1.82) is 5.41 Å². The van der Waals surface area contributed by atoms with Gasteiger partial charge in [0, 0.05) is 12.0 Å². The standard InChI is InChI=1S/C11H25N3O/c1-10(2,9(12)13)6-7-14(5)8-11(3,4)15/h15H,6-8H2,1-5H3,(H3,12,13). The third-order valence-corrected chi connectivity index (χ3v) is 2.50. The first-order chi connectivity index (χ1) is 6.54. The smallest absolute Gasteiger partial charge is 0.0963 e. The molecule has 0 aliphatic rings. The van der Waals surface area contributed by atoms with E-state index < -0.39 is 5.60 Å². The number of hydrogen-bond acceptors (Lipinski definition) is 3. The number of aliphatic hydroxyl groups is 1. The van der Waals surface area contributed by atoms with Gasteiger partial charge in [-0.3, -0.25) is 5.41 Å². The van der Waals surface area contributed by atoms with Gasteiger partial charge in [0.15, 0.2) is 0 Å². The predicted octanol–water partition coefficient (Wildman–Crippen LogP) is 1.04. The highest BCUT2D eigenvalue weighted by Gasteiger charge is 2.23. The SMILES string of the molecule is CN(CCC(C)(C)C(=N)N)CC(C)(C)O. The molecule has 0 aromatic rings. The minimum Gasteiger partial charge on any atom is -0.389 e. The number of nitrogens with two attached hydrogens (primary N) is 1. The van der Waals surface area contributed by atoms with Crippen molar-refractivity contribution < 1.29 is 5.11 Å². The van der Waals surface area contributed by atoms with Crippen molar-refractivity contribution in [2.75, 3.05) is 20.1 Å². The molecule has 0 unspecified atom stereocenters. The summed E-state index contributed by atoms with van der Waals surface area (Å²) in [6.07, 6.45) is 0.828. The molecule has 4 nitrogen and oxygen atoms in total. The molecular formula is C11H25N3O. The molecule has 0 bridgehead atoms. The number of nitrogens with zero attached hydrogens (tertiary/aromatic N) is 1. The minimum atomic E-state index is -0.672. The maximum Gasteiger partial charge on any atom is 0.0963 e. The molecule has 0 amide bonds. The van der Waals surface area contributed by atoms with Gasteiger partial charge >= 0.3 is 0 Å². The number of amidine groups is 1. The fraction of sp³-hybridized carbons (Fsp3) is 0.909. The summed E-state index contributed by atoms with van der Waals surface area (Å²) in [5, 5.41) is 17.0. The van der Waals surface area contributed by atoms with E-state index in [0.29, 0.717) is 6.54 Å². The lowest BCUT2D eigenvalue weighted by atomic mass is 9.88. The second-order valence-electron chi connectivity index (χ2n) is 5.60. The molecule has 0 aliphatic heterocycles. The molecule has 0 rings (SSSR count). The zero-order valence-corrected chi connectivity index (χ0v) is 10.6. The van der Waals surface area contributed by atoms with Gasteiger partial charge < -0.3 is 15.7 Å². The molecule has 15 heavy (non-hydrogen) atoms. The fourth-order valence-corrected chi connectivity index (χ4v) is 1.34. The van der Waals surface area contributed by atoms with Crippen molar-refractivity contribution >= 4 is 5.84 Å². The summed E-state index contributed by atoms with van der Waals surface area (Å²) in [5.74, 6) is 0.221. The van der Waals surface area contributed by atoms with Gasteiger partial charge in [-0.25, -0.2) is 0 Å². The summed E-state index contributed by atoms with van der Waals surface area (Å²) in [5.41, 5.74) is 4.57. The Balaban J connectivity index is 4.01. The first-order valence-electron chi connectivity index (χ1n) is 5.30. The van der Waals surface area contributed by atoms with Gasteiger partial charge in [-0.05, 0) is 33.9 Å². The van der Waals surface area contributed by atoms with Crippen molar-refractivity contribution in [2.45, 2.75) is 39.7 Å². The maximum atomic E-state index is 9.62. The highest BCUT2D eigenvalue weighted by atomic mass is 16.3. The summed E-state index contributed by atoms with van der Waals surface area (Å²) < 4.78 is 0. The summed E-state index contributed by atoms with van der Waals surface area (Å²) in [6, 6.07) is 0. The van der Waals surface area contributed by atoms with E-state index in [9.17, 15) is 5.11 Å². The Morgan fingerprint density at radius 3 is 2.13 bits per heavy atom. The van der Waals surface area contributed by atoms with Crippen molar-refractivity contribution in [3.63, 3.8) is 0 Å². The molecule has 0 aliphatic carbocycles. The Kier molecular flexibility index (Phi) is 4.74. The largest absolute Gasteiger partial charge is 0.389 e. The van der Waals surface area contributed by atoms with Crippen molar-refractivity contribution in [3.8, 4) is 0 Å². The van der Waals surface area contributed by atoms with Crippen LogP contribution in [-0.2, 0) is 0 Å². The van der Waals surface area contributed by atoms with E-state index in [4.69, 9.17) is 11.1 Å². The molecule has 4 N–H and O–H groups in total. The van der Waals surface area contributed by atoms with Gasteiger partial charge in [-0.1, -0.05) is 13.8 Å². The van der Waals surface area contributed by atoms with E-state index in [-0.39, 0.29) is 11.3 Å². The van der Waals surface area contributed by atoms with Gasteiger partial charge in [0.25, 0.3) is 0 Å². The average Bonchev–Trinajstić information content (AvgIpc) is 1.97. The first-order valence-corrected chi connectivity index (χ1v) is 5.30. The lowest BCUT2D eigenvalue weighted by Crippen LogP contribution is -2.39. The van der Waals surface area contributed by atoms with Crippen LogP contribution in [0.5, 0.6) is 0 Å². The van der Waals surface area contributed by atoms with E-state index in [2.05, 4.69) is 4.90 Å². The van der Waals surface area contributed by atoms with Gasteiger partial charge in [-0.15, -0.1) is 0 Å². The number of likely N-dealkylation sites (N-methyl/N-ethyl adjacent to an activating group) is 1. The van der Waals surface area contributed by atoms with Crippen molar-refractivity contribution in [2.24, 2.45) is 11.1 Å². The van der Waals surface area contributed by atoms with Gasteiger partial charge in [0.2, 0.25) is 0 Å². The second-order valence-corrected chi connectivity index (χ2v) is 5.60. The molecule has 0 atom stereocenters. The first kappa shape index (κ1) is 14.4. The highest BCUT2D eigenvalue weighted by molar-refractivity contribution is 5.82. The van der Waals surface area contributed by atoms with Crippen molar-refractivity contribution in [3.05, 3.63) is 0 Å². The average molecular weight is 215 g/mol. The van der Waals surface area contributed by atoms with Crippen LogP contribution in [0.4, 0.5) is 0 Å². The topological polar surface area (TPSA) is 73.3 Å². The number of nitrogens with one attached hydrogen (secondary N) is 1. The van der Waals surface area contributed by atoms with Crippen LogP contribution in [0.3, 0.4) is 0 Å². The normalized spacial score (nSPS) is 13.3. The molecule has 0 radical (unpaired) electrons. The zero-order valence-electron chi connectivity index (χ0n) is 10.6. The summed E-state index contributed by atoms with van der Waals surface area (Å²) in [4.78, 5) is 2.06. The van der Waals surface area contributed by atoms with Crippen LogP contribution in [-0.4, -0.2) is 41.6 Å². The van der Waals surface area contributed by atoms with Crippen LogP contribution in [0.15, 0.2) is 0 Å². The Labute approximate surface area is 93.0 Å². The number of rotatable bonds is 6. The van der Waals surface area contributed by atoms with Gasteiger partial charge in [-0.2, -0.15) is 0 Å². The van der Waals surface area contributed by atoms with E-state index in [1.54, 1.807) is 13.8 Å². The van der Waals surface area contributed by atoms with Crippen LogP contribution in [0.2, 0.25) is 0 Å². The lowest BCUT2D eigenvalue weighted by molar-refractivity contribution is 0.0427. The molecule has 4 heteroatoms. The van der Waals surface area contributed by atoms with E-state index >= 15 is 0 Å². The molecule has 0 aromatic heterocycles. The number of hydrogen-bond donors (Lipinski definition) is 3. The van der Waals surface area contributed by atoms with Crippen LogP contribution in [0, 0.1) is 10.8 Å². The molecule has 0 spiro atoms. The Hall–Kier alpha value is -0.610. The molecule has 0 fully saturated rings. The molecule has 0 saturated heterocycles. The quantitative estimate of drug-likeness (QED) is 0.458. The third kappa shape index (κ3) is 6.47. The third-order valence-electron chi connectivity index (χ3n) is 2.50. The maximum absolute atomic E-state index is 9.62. The Bertz CT molecular complexity index is 218. The monoisotopic (exact) mass is 215 g/mol. The minimum absolute atomic E-state index is 0.221. The Morgan fingerprint density at radius 2 is 1.80 bits per heavy atom. The van der Waals surface area contributed by atoms with Crippen LogP contribution in [0.1, 0.15) is 34.1 Å². The molecule has 0 heterocycles. The fourth-order valence-electron chi connectivity index (χ4n) is 1.34. The predicted molar refractivity (Wildman–Crippen MR) is 64.1 cm³/mol. The summed E-state index contributed by atoms with van der Waals surface area (Å²) in [7, 11) is 1.97. The van der Waals surface area contributed by atoms with Gasteiger partial charge in [0.1, 0.15) is 0 Å². The second kappa shape index (κ2) is 4.94. The summed E-state index contributed by atoms with van der Waals surface area (Å²) >= 11 is 0. The van der Waals surface area contributed by atoms with E-state index in [1.807, 2.05) is 20.9 Å². The van der Waals surface area contributed by atoms with Crippen LogP contribution >= 0.6 is 0 Å².